The Morgan fingerprint density at radius 3 is 2.69 bits per heavy atom. The van der Waals surface area contributed by atoms with E-state index in [0.717, 1.165) is 22.4 Å². The van der Waals surface area contributed by atoms with Crippen LogP contribution in [0.2, 0.25) is 0 Å². The molecule has 0 spiro atoms. The van der Waals surface area contributed by atoms with E-state index in [9.17, 15) is 14.4 Å². The molecule has 2 aliphatic rings. The van der Waals surface area contributed by atoms with Gasteiger partial charge in [0.1, 0.15) is 5.82 Å². The molecule has 0 aliphatic carbocycles. The van der Waals surface area contributed by atoms with Gasteiger partial charge in [-0.2, -0.15) is 5.10 Å². The minimum Gasteiger partial charge on any atom is -0.312 e. The highest BCUT2D eigenvalue weighted by Crippen LogP contribution is 2.32. The fraction of sp³-hybridized carbons (Fsp3) is 0.429. The van der Waals surface area contributed by atoms with Crippen molar-refractivity contribution in [2.75, 3.05) is 22.1 Å². The van der Waals surface area contributed by atoms with Crippen molar-refractivity contribution in [1.29, 1.82) is 0 Å². The number of hydrogen-bond donors (Lipinski definition) is 2. The van der Waals surface area contributed by atoms with Gasteiger partial charge in [-0.3, -0.25) is 19.1 Å². The molecular weight excluding hydrogens is 370 g/mol. The quantitative estimate of drug-likeness (QED) is 0.832. The molecule has 0 radical (unpaired) electrons. The van der Waals surface area contributed by atoms with Crippen molar-refractivity contribution in [3.63, 3.8) is 0 Å². The van der Waals surface area contributed by atoms with Crippen LogP contribution in [0.15, 0.2) is 18.2 Å². The molecule has 1 aromatic heterocycles. The van der Waals surface area contributed by atoms with E-state index in [2.05, 4.69) is 15.7 Å². The second-order valence-electron chi connectivity index (χ2n) is 8.06. The number of fused-ring (bicyclic) bond motifs is 1. The van der Waals surface area contributed by atoms with Crippen LogP contribution < -0.4 is 15.5 Å². The average Bonchev–Trinajstić information content (AvgIpc) is 3.19. The van der Waals surface area contributed by atoms with Gasteiger partial charge >= 0.3 is 0 Å². The van der Waals surface area contributed by atoms with E-state index in [4.69, 9.17) is 0 Å². The van der Waals surface area contributed by atoms with E-state index >= 15 is 0 Å². The molecule has 29 heavy (non-hydrogen) atoms. The van der Waals surface area contributed by atoms with Crippen molar-refractivity contribution in [3.05, 3.63) is 34.9 Å². The summed E-state index contributed by atoms with van der Waals surface area (Å²) in [6.07, 6.45) is 0.684. The summed E-state index contributed by atoms with van der Waals surface area (Å²) in [6.45, 7) is 6.22. The van der Waals surface area contributed by atoms with Crippen LogP contribution in [0, 0.1) is 25.7 Å². The molecule has 2 aliphatic heterocycles. The molecule has 0 unspecified atom stereocenters. The number of amides is 3. The number of carbonyl (C=O) groups is 3. The number of aryl methyl sites for hydroxylation is 3. The van der Waals surface area contributed by atoms with E-state index in [0.29, 0.717) is 24.6 Å². The summed E-state index contributed by atoms with van der Waals surface area (Å²) >= 11 is 0. The zero-order valence-electron chi connectivity index (χ0n) is 17.1. The van der Waals surface area contributed by atoms with E-state index < -0.39 is 5.92 Å². The van der Waals surface area contributed by atoms with Crippen molar-refractivity contribution in [3.8, 4) is 0 Å². The van der Waals surface area contributed by atoms with Gasteiger partial charge in [0.15, 0.2) is 5.82 Å². The molecule has 2 N–H and O–H groups in total. The van der Waals surface area contributed by atoms with Gasteiger partial charge in [0.25, 0.3) is 0 Å². The summed E-state index contributed by atoms with van der Waals surface area (Å²) in [5.41, 5.74) is 3.92. The molecule has 2 aromatic rings. The summed E-state index contributed by atoms with van der Waals surface area (Å²) in [4.78, 5) is 39.0. The Bertz CT molecular complexity index is 1030. The van der Waals surface area contributed by atoms with Gasteiger partial charge in [0.2, 0.25) is 17.7 Å². The van der Waals surface area contributed by atoms with Crippen LogP contribution in [0.3, 0.4) is 0 Å². The SMILES string of the molecule is Cc1ccc(N2C[C@@H](C(=O)Nc3nn(C)c4c3C[C@H](C)C(=O)N4)CC2=O)cc1C. The smallest absolute Gasteiger partial charge is 0.231 e. The lowest BCUT2D eigenvalue weighted by molar-refractivity contribution is -0.122. The maximum atomic E-state index is 12.9. The molecule has 4 rings (SSSR count). The molecule has 3 heterocycles. The number of nitrogens with one attached hydrogen (secondary N) is 2. The fourth-order valence-corrected chi connectivity index (χ4v) is 3.90. The Balaban J connectivity index is 1.50. The molecule has 0 bridgehead atoms. The molecule has 0 saturated carbocycles. The molecule has 2 atom stereocenters. The number of hydrogen-bond acceptors (Lipinski definition) is 4. The lowest BCUT2D eigenvalue weighted by atomic mass is 9.97. The van der Waals surface area contributed by atoms with Crippen LogP contribution in [0.5, 0.6) is 0 Å². The van der Waals surface area contributed by atoms with E-state index in [1.807, 2.05) is 39.0 Å². The largest absolute Gasteiger partial charge is 0.312 e. The first-order chi connectivity index (χ1) is 13.7. The van der Waals surface area contributed by atoms with E-state index in [1.54, 1.807) is 16.6 Å². The average molecular weight is 395 g/mol. The monoisotopic (exact) mass is 395 g/mol. The molecule has 1 aromatic carbocycles. The Morgan fingerprint density at radius 2 is 1.97 bits per heavy atom. The zero-order chi connectivity index (χ0) is 20.9. The predicted octanol–water partition coefficient (Wildman–Crippen LogP) is 2.16. The third-order valence-electron chi connectivity index (χ3n) is 5.88. The third-order valence-corrected chi connectivity index (χ3v) is 5.88. The van der Waals surface area contributed by atoms with Crippen LogP contribution in [-0.4, -0.2) is 34.0 Å². The molecule has 152 valence electrons. The normalized spacial score (nSPS) is 21.2. The number of aromatic nitrogens is 2. The van der Waals surface area contributed by atoms with E-state index in [-0.39, 0.29) is 30.1 Å². The molecular formula is C21H25N5O3. The van der Waals surface area contributed by atoms with E-state index in [1.165, 1.54) is 0 Å². The molecule has 1 saturated heterocycles. The maximum absolute atomic E-state index is 12.9. The molecule has 3 amide bonds. The highest BCUT2D eigenvalue weighted by atomic mass is 16.2. The summed E-state index contributed by atoms with van der Waals surface area (Å²) in [7, 11) is 1.73. The summed E-state index contributed by atoms with van der Waals surface area (Å²) in [5, 5.41) is 10.1. The van der Waals surface area contributed by atoms with Crippen molar-refractivity contribution in [2.24, 2.45) is 18.9 Å². The first-order valence-corrected chi connectivity index (χ1v) is 9.79. The Labute approximate surface area is 169 Å². The molecule has 1 fully saturated rings. The minimum atomic E-state index is -0.447. The van der Waals surface area contributed by atoms with Crippen LogP contribution in [0.25, 0.3) is 0 Å². The topological polar surface area (TPSA) is 96.3 Å². The lowest BCUT2D eigenvalue weighted by Gasteiger charge is -2.20. The summed E-state index contributed by atoms with van der Waals surface area (Å²) in [6, 6.07) is 5.88. The van der Waals surface area contributed by atoms with Crippen molar-refractivity contribution < 1.29 is 14.4 Å². The van der Waals surface area contributed by atoms with Gasteiger partial charge in [-0.1, -0.05) is 13.0 Å². The van der Waals surface area contributed by atoms with Crippen molar-refractivity contribution in [2.45, 2.75) is 33.6 Å². The predicted molar refractivity (Wildman–Crippen MR) is 110 cm³/mol. The van der Waals surface area contributed by atoms with Crippen LogP contribution >= 0.6 is 0 Å². The Hall–Kier alpha value is -3.16. The number of rotatable bonds is 3. The number of nitrogens with zero attached hydrogens (tertiary/aromatic N) is 3. The molecule has 8 nitrogen and oxygen atoms in total. The second kappa shape index (κ2) is 7.02. The number of benzene rings is 1. The first-order valence-electron chi connectivity index (χ1n) is 9.79. The van der Waals surface area contributed by atoms with Crippen molar-refractivity contribution >= 4 is 35.0 Å². The van der Waals surface area contributed by atoms with Gasteiger partial charge in [0, 0.05) is 37.2 Å². The fourth-order valence-electron chi connectivity index (χ4n) is 3.90. The Kier molecular flexibility index (Phi) is 4.64. The second-order valence-corrected chi connectivity index (χ2v) is 8.06. The third kappa shape index (κ3) is 3.39. The van der Waals surface area contributed by atoms with Crippen LogP contribution in [-0.2, 0) is 27.9 Å². The Morgan fingerprint density at radius 1 is 1.21 bits per heavy atom. The lowest BCUT2D eigenvalue weighted by Crippen LogP contribution is -2.30. The highest BCUT2D eigenvalue weighted by molar-refractivity contribution is 6.04. The van der Waals surface area contributed by atoms with Gasteiger partial charge < -0.3 is 15.5 Å². The number of anilines is 3. The first kappa shape index (κ1) is 19.2. The van der Waals surface area contributed by atoms with Gasteiger partial charge in [0.05, 0.1) is 5.92 Å². The van der Waals surface area contributed by atoms with Gasteiger partial charge in [-0.25, -0.2) is 0 Å². The molecule has 8 heteroatoms. The summed E-state index contributed by atoms with van der Waals surface area (Å²) in [5.74, 6) is 0.100. The maximum Gasteiger partial charge on any atom is 0.231 e. The standard InChI is InChI=1S/C21H25N5O3/c1-11-5-6-15(7-12(11)2)26-10-14(9-17(26)27)21(29)22-18-16-8-13(3)20(28)23-19(16)25(4)24-18/h5-7,13-14H,8-10H2,1-4H3,(H,23,28)(H,22,24,29)/t13-,14-/m0/s1. The van der Waals surface area contributed by atoms with Gasteiger partial charge in [-0.15, -0.1) is 0 Å². The highest BCUT2D eigenvalue weighted by Gasteiger charge is 2.36. The van der Waals surface area contributed by atoms with Gasteiger partial charge in [-0.05, 0) is 43.5 Å². The zero-order valence-corrected chi connectivity index (χ0v) is 17.1. The minimum absolute atomic E-state index is 0.0520. The van der Waals surface area contributed by atoms with Crippen LogP contribution in [0.4, 0.5) is 17.3 Å². The summed E-state index contributed by atoms with van der Waals surface area (Å²) < 4.78 is 1.57. The van der Waals surface area contributed by atoms with Crippen LogP contribution in [0.1, 0.15) is 30.0 Å². The van der Waals surface area contributed by atoms with Crippen molar-refractivity contribution in [1.82, 2.24) is 9.78 Å². The number of carbonyl (C=O) groups excluding carboxylic acids is 3.